The van der Waals surface area contributed by atoms with Crippen molar-refractivity contribution >= 4 is 35.0 Å². The fourth-order valence-corrected chi connectivity index (χ4v) is 3.26. The first-order valence-electron chi connectivity index (χ1n) is 7.09. The van der Waals surface area contributed by atoms with E-state index in [1.54, 1.807) is 23.9 Å². The molecule has 1 unspecified atom stereocenters. The van der Waals surface area contributed by atoms with Gasteiger partial charge in [0.15, 0.2) is 0 Å². The average Bonchev–Trinajstić information content (AvgIpc) is 2.58. The number of hydrogen-bond acceptors (Lipinski definition) is 2. The van der Waals surface area contributed by atoms with E-state index in [-0.39, 0.29) is 0 Å². The van der Waals surface area contributed by atoms with Crippen LogP contribution in [0.4, 0.5) is 0 Å². The van der Waals surface area contributed by atoms with Gasteiger partial charge in [0.1, 0.15) is 6.10 Å². The number of halogens is 2. The van der Waals surface area contributed by atoms with Crippen LogP contribution in [-0.4, -0.2) is 5.11 Å². The van der Waals surface area contributed by atoms with Gasteiger partial charge in [-0.3, -0.25) is 0 Å². The Labute approximate surface area is 149 Å². The van der Waals surface area contributed by atoms with Crippen LogP contribution >= 0.6 is 35.0 Å². The zero-order chi connectivity index (χ0) is 16.2. The van der Waals surface area contributed by atoms with Crippen LogP contribution in [-0.2, 0) is 0 Å². The van der Waals surface area contributed by atoms with Crippen molar-refractivity contribution in [2.24, 2.45) is 0 Å². The van der Waals surface area contributed by atoms with Gasteiger partial charge in [-0.25, -0.2) is 0 Å². The second-order valence-electron chi connectivity index (χ2n) is 5.08. The van der Waals surface area contributed by atoms with Crippen LogP contribution in [0.1, 0.15) is 17.2 Å². The molecular formula is C19H14Cl2OS. The molecule has 0 spiro atoms. The third kappa shape index (κ3) is 4.30. The van der Waals surface area contributed by atoms with Crippen molar-refractivity contribution in [2.45, 2.75) is 15.9 Å². The highest BCUT2D eigenvalue weighted by Gasteiger charge is 2.10. The van der Waals surface area contributed by atoms with Gasteiger partial charge in [-0.2, -0.15) is 0 Å². The van der Waals surface area contributed by atoms with E-state index in [0.29, 0.717) is 5.02 Å². The van der Waals surface area contributed by atoms with Crippen LogP contribution < -0.4 is 0 Å². The molecule has 0 saturated carbocycles. The van der Waals surface area contributed by atoms with E-state index < -0.39 is 6.10 Å². The standard InChI is InChI=1S/C19H14Cl2OS/c20-15-5-1-13(2-6-15)19(22)14-3-9-17(10-4-14)23-18-11-7-16(21)8-12-18/h1-12,19,22H. The van der Waals surface area contributed by atoms with Crippen LogP contribution in [0.3, 0.4) is 0 Å². The Kier molecular flexibility index (Phi) is 5.29. The first kappa shape index (κ1) is 16.4. The first-order chi connectivity index (χ1) is 11.1. The van der Waals surface area contributed by atoms with E-state index in [4.69, 9.17) is 23.2 Å². The van der Waals surface area contributed by atoms with E-state index >= 15 is 0 Å². The summed E-state index contributed by atoms with van der Waals surface area (Å²) in [6.45, 7) is 0. The summed E-state index contributed by atoms with van der Waals surface area (Å²) in [5, 5.41) is 11.8. The lowest BCUT2D eigenvalue weighted by Gasteiger charge is -2.12. The fraction of sp³-hybridized carbons (Fsp3) is 0.0526. The predicted octanol–water partition coefficient (Wildman–Crippen LogP) is 6.23. The molecule has 4 heteroatoms. The minimum absolute atomic E-state index is 0.651. The molecule has 0 fully saturated rings. The molecule has 0 aliphatic carbocycles. The molecule has 0 bridgehead atoms. The van der Waals surface area contributed by atoms with Gasteiger partial charge >= 0.3 is 0 Å². The molecule has 1 nitrogen and oxygen atoms in total. The van der Waals surface area contributed by atoms with Crippen LogP contribution in [0.25, 0.3) is 0 Å². The molecule has 0 amide bonds. The Balaban J connectivity index is 1.73. The number of rotatable bonds is 4. The SMILES string of the molecule is OC(c1ccc(Cl)cc1)c1ccc(Sc2ccc(Cl)cc2)cc1. The number of benzene rings is 3. The Morgan fingerprint density at radius 1 is 0.609 bits per heavy atom. The summed E-state index contributed by atoms with van der Waals surface area (Å²) >= 11 is 13.4. The van der Waals surface area contributed by atoms with Crippen LogP contribution in [0, 0.1) is 0 Å². The summed E-state index contributed by atoms with van der Waals surface area (Å²) in [5.41, 5.74) is 1.68. The van der Waals surface area contributed by atoms with Crippen molar-refractivity contribution in [2.75, 3.05) is 0 Å². The van der Waals surface area contributed by atoms with E-state index in [2.05, 4.69) is 0 Å². The minimum atomic E-state index is -0.651. The van der Waals surface area contributed by atoms with E-state index in [0.717, 1.165) is 25.9 Å². The lowest BCUT2D eigenvalue weighted by molar-refractivity contribution is 0.220. The highest BCUT2D eigenvalue weighted by molar-refractivity contribution is 7.99. The summed E-state index contributed by atoms with van der Waals surface area (Å²) in [6, 6.07) is 22.9. The van der Waals surface area contributed by atoms with Gasteiger partial charge in [0.2, 0.25) is 0 Å². The topological polar surface area (TPSA) is 20.2 Å². The van der Waals surface area contributed by atoms with Gasteiger partial charge in [0.25, 0.3) is 0 Å². The minimum Gasteiger partial charge on any atom is -0.384 e. The van der Waals surface area contributed by atoms with Crippen molar-refractivity contribution < 1.29 is 5.11 Å². The van der Waals surface area contributed by atoms with Crippen molar-refractivity contribution in [1.82, 2.24) is 0 Å². The van der Waals surface area contributed by atoms with Gasteiger partial charge in [-0.05, 0) is 59.7 Å². The van der Waals surface area contributed by atoms with Crippen LogP contribution in [0.5, 0.6) is 0 Å². The monoisotopic (exact) mass is 360 g/mol. The van der Waals surface area contributed by atoms with Crippen LogP contribution in [0.2, 0.25) is 10.0 Å². The summed E-state index contributed by atoms with van der Waals surface area (Å²) < 4.78 is 0. The van der Waals surface area contributed by atoms with Crippen molar-refractivity contribution in [3.05, 3.63) is 94.0 Å². The highest BCUT2D eigenvalue weighted by Crippen LogP contribution is 2.30. The molecule has 1 atom stereocenters. The van der Waals surface area contributed by atoms with E-state index in [9.17, 15) is 5.11 Å². The zero-order valence-corrected chi connectivity index (χ0v) is 14.4. The highest BCUT2D eigenvalue weighted by atomic mass is 35.5. The first-order valence-corrected chi connectivity index (χ1v) is 8.66. The van der Waals surface area contributed by atoms with Crippen molar-refractivity contribution in [1.29, 1.82) is 0 Å². The molecular weight excluding hydrogens is 347 g/mol. The predicted molar refractivity (Wildman–Crippen MR) is 97.5 cm³/mol. The van der Waals surface area contributed by atoms with E-state index in [1.165, 1.54) is 0 Å². The van der Waals surface area contributed by atoms with E-state index in [1.807, 2.05) is 60.7 Å². The lowest BCUT2D eigenvalue weighted by Crippen LogP contribution is -1.98. The molecule has 0 radical (unpaired) electrons. The Hall–Kier alpha value is -1.45. The van der Waals surface area contributed by atoms with Gasteiger partial charge < -0.3 is 5.11 Å². The smallest absolute Gasteiger partial charge is 0.104 e. The number of aliphatic hydroxyl groups excluding tert-OH is 1. The van der Waals surface area contributed by atoms with Crippen molar-refractivity contribution in [3.8, 4) is 0 Å². The Morgan fingerprint density at radius 2 is 0.957 bits per heavy atom. The second-order valence-corrected chi connectivity index (χ2v) is 7.10. The maximum Gasteiger partial charge on any atom is 0.104 e. The fourth-order valence-electron chi connectivity index (χ4n) is 2.19. The van der Waals surface area contributed by atoms with Crippen molar-refractivity contribution in [3.63, 3.8) is 0 Å². The molecule has 3 aromatic carbocycles. The average molecular weight is 361 g/mol. The molecule has 3 aromatic rings. The van der Waals surface area contributed by atoms with Gasteiger partial charge in [0, 0.05) is 19.8 Å². The summed E-state index contributed by atoms with van der Waals surface area (Å²) in [4.78, 5) is 2.24. The molecule has 0 aliphatic heterocycles. The molecule has 23 heavy (non-hydrogen) atoms. The summed E-state index contributed by atoms with van der Waals surface area (Å²) in [6.07, 6.45) is -0.651. The third-order valence-corrected chi connectivity index (χ3v) is 4.95. The normalized spacial score (nSPS) is 12.1. The third-order valence-electron chi connectivity index (χ3n) is 3.43. The number of aliphatic hydroxyl groups is 1. The molecule has 1 N–H and O–H groups in total. The molecule has 3 rings (SSSR count). The second kappa shape index (κ2) is 7.41. The summed E-state index contributed by atoms with van der Waals surface area (Å²) in [5.74, 6) is 0. The number of hydrogen-bond donors (Lipinski definition) is 1. The van der Waals surface area contributed by atoms with Gasteiger partial charge in [0.05, 0.1) is 0 Å². The zero-order valence-electron chi connectivity index (χ0n) is 12.1. The molecule has 116 valence electrons. The molecule has 0 heterocycles. The van der Waals surface area contributed by atoms with Gasteiger partial charge in [-0.15, -0.1) is 0 Å². The summed E-state index contributed by atoms with van der Waals surface area (Å²) in [7, 11) is 0. The molecule has 0 saturated heterocycles. The quantitative estimate of drug-likeness (QED) is 0.595. The van der Waals surface area contributed by atoms with Crippen LogP contribution in [0.15, 0.2) is 82.6 Å². The Morgan fingerprint density at radius 3 is 1.43 bits per heavy atom. The maximum atomic E-state index is 10.4. The largest absolute Gasteiger partial charge is 0.384 e. The Bertz CT molecular complexity index is 768. The molecule has 0 aromatic heterocycles. The van der Waals surface area contributed by atoms with Gasteiger partial charge in [-0.1, -0.05) is 59.2 Å². The maximum absolute atomic E-state index is 10.4. The molecule has 0 aliphatic rings. The lowest BCUT2D eigenvalue weighted by atomic mass is 10.0.